The van der Waals surface area contributed by atoms with Crippen molar-refractivity contribution in [1.29, 1.82) is 0 Å². The summed E-state index contributed by atoms with van der Waals surface area (Å²) in [7, 11) is 3.40. The number of rotatable bonds is 4. The van der Waals surface area contributed by atoms with Crippen molar-refractivity contribution in [2.24, 2.45) is 0 Å². The second kappa shape index (κ2) is 5.90. The molecule has 3 rings (SSSR count). The van der Waals surface area contributed by atoms with Crippen LogP contribution in [0.25, 0.3) is 11.4 Å². The lowest BCUT2D eigenvalue weighted by molar-refractivity contribution is 0.398. The Morgan fingerprint density at radius 2 is 2.00 bits per heavy atom. The molecule has 0 atom stereocenters. The van der Waals surface area contributed by atoms with Gasteiger partial charge in [-0.05, 0) is 18.9 Å². The average molecular weight is 286 g/mol. The molecule has 0 bridgehead atoms. The molecule has 0 aliphatic carbocycles. The summed E-state index contributed by atoms with van der Waals surface area (Å²) in [6, 6.07) is 3.69. The van der Waals surface area contributed by atoms with Crippen LogP contribution in [0, 0.1) is 0 Å². The second-order valence-corrected chi connectivity index (χ2v) is 4.81. The van der Waals surface area contributed by atoms with E-state index in [0.717, 1.165) is 24.6 Å². The van der Waals surface area contributed by atoms with E-state index in [1.165, 1.54) is 12.8 Å². The molecule has 0 unspecified atom stereocenters. The molecule has 110 valence electrons. The molecule has 0 radical (unpaired) electrons. The van der Waals surface area contributed by atoms with Crippen LogP contribution in [0.5, 0.6) is 5.88 Å². The van der Waals surface area contributed by atoms with Crippen LogP contribution < -0.4 is 15.0 Å². The standard InChI is InChI=1S/C14H18N6O/c1-15-13-17-12(10-5-6-16-11(9-10)21-2)18-14(19-13)20-7-3-4-8-20/h5-6,9H,3-4,7-8H2,1-2H3,(H,15,17,18,19). The van der Waals surface area contributed by atoms with Gasteiger partial charge in [0.2, 0.25) is 17.8 Å². The lowest BCUT2D eigenvalue weighted by Gasteiger charge is -2.16. The fraction of sp³-hybridized carbons (Fsp3) is 0.429. The van der Waals surface area contributed by atoms with E-state index in [9.17, 15) is 0 Å². The van der Waals surface area contributed by atoms with Gasteiger partial charge in [0.05, 0.1) is 7.11 Å². The molecule has 2 aromatic heterocycles. The van der Waals surface area contributed by atoms with Crippen molar-refractivity contribution in [2.45, 2.75) is 12.8 Å². The maximum absolute atomic E-state index is 5.15. The smallest absolute Gasteiger partial charge is 0.230 e. The molecule has 0 spiro atoms. The molecular formula is C14H18N6O. The van der Waals surface area contributed by atoms with Crippen LogP contribution in [0.15, 0.2) is 18.3 Å². The molecule has 21 heavy (non-hydrogen) atoms. The van der Waals surface area contributed by atoms with Gasteiger partial charge in [0.1, 0.15) is 0 Å². The van der Waals surface area contributed by atoms with Gasteiger partial charge < -0.3 is 15.0 Å². The van der Waals surface area contributed by atoms with Crippen LogP contribution in [0.3, 0.4) is 0 Å². The molecule has 2 aromatic rings. The maximum atomic E-state index is 5.15. The van der Waals surface area contributed by atoms with E-state index in [-0.39, 0.29) is 0 Å². The van der Waals surface area contributed by atoms with Crippen LogP contribution in [0.4, 0.5) is 11.9 Å². The predicted molar refractivity (Wildman–Crippen MR) is 80.6 cm³/mol. The quantitative estimate of drug-likeness (QED) is 0.914. The average Bonchev–Trinajstić information content (AvgIpc) is 3.09. The summed E-state index contributed by atoms with van der Waals surface area (Å²) in [6.07, 6.45) is 4.05. The summed E-state index contributed by atoms with van der Waals surface area (Å²) in [6.45, 7) is 1.98. The topological polar surface area (TPSA) is 76.1 Å². The Hall–Kier alpha value is -2.44. The van der Waals surface area contributed by atoms with Crippen molar-refractivity contribution in [1.82, 2.24) is 19.9 Å². The summed E-state index contributed by atoms with van der Waals surface area (Å²) in [5, 5.41) is 2.99. The number of hydrogen-bond acceptors (Lipinski definition) is 7. The Bertz CT molecular complexity index is 627. The minimum Gasteiger partial charge on any atom is -0.481 e. The first-order valence-corrected chi connectivity index (χ1v) is 6.99. The number of pyridine rings is 1. The van der Waals surface area contributed by atoms with Crippen LogP contribution in [-0.2, 0) is 0 Å². The molecule has 7 heteroatoms. The third kappa shape index (κ3) is 2.86. The Morgan fingerprint density at radius 3 is 2.71 bits per heavy atom. The summed E-state index contributed by atoms with van der Waals surface area (Å²) in [5.74, 6) is 2.45. The largest absolute Gasteiger partial charge is 0.481 e. The number of methoxy groups -OCH3 is 1. The van der Waals surface area contributed by atoms with Gasteiger partial charge in [-0.2, -0.15) is 15.0 Å². The van der Waals surface area contributed by atoms with Crippen LogP contribution in [0.1, 0.15) is 12.8 Å². The molecule has 1 aliphatic heterocycles. The SMILES string of the molecule is CNc1nc(-c2ccnc(OC)c2)nc(N2CCCC2)n1. The molecule has 3 heterocycles. The van der Waals surface area contributed by atoms with Crippen LogP contribution in [-0.4, -0.2) is 47.2 Å². The summed E-state index contributed by atoms with van der Waals surface area (Å²) in [4.78, 5) is 19.8. The Kier molecular flexibility index (Phi) is 3.81. The number of aromatic nitrogens is 4. The van der Waals surface area contributed by atoms with Crippen LogP contribution in [0.2, 0.25) is 0 Å². The molecule has 0 amide bonds. The lowest BCUT2D eigenvalue weighted by Crippen LogP contribution is -2.21. The van der Waals surface area contributed by atoms with Crippen molar-refractivity contribution < 1.29 is 4.74 Å². The Balaban J connectivity index is 2.02. The number of anilines is 2. The van der Waals surface area contributed by atoms with Gasteiger partial charge in [0.15, 0.2) is 5.82 Å². The fourth-order valence-electron chi connectivity index (χ4n) is 2.32. The second-order valence-electron chi connectivity index (χ2n) is 4.81. The van der Waals surface area contributed by atoms with Crippen molar-refractivity contribution in [2.75, 3.05) is 37.5 Å². The molecule has 1 aliphatic rings. The van der Waals surface area contributed by atoms with Crippen molar-refractivity contribution in [3.63, 3.8) is 0 Å². The van der Waals surface area contributed by atoms with Gasteiger partial charge in [-0.1, -0.05) is 0 Å². The molecule has 1 N–H and O–H groups in total. The zero-order chi connectivity index (χ0) is 14.7. The monoisotopic (exact) mass is 286 g/mol. The van der Waals surface area contributed by atoms with E-state index in [4.69, 9.17) is 4.74 Å². The van der Waals surface area contributed by atoms with E-state index in [2.05, 4.69) is 30.2 Å². The zero-order valence-electron chi connectivity index (χ0n) is 12.2. The van der Waals surface area contributed by atoms with E-state index in [1.54, 1.807) is 20.4 Å². The summed E-state index contributed by atoms with van der Waals surface area (Å²) in [5.41, 5.74) is 0.862. The lowest BCUT2D eigenvalue weighted by atomic mass is 10.2. The number of nitrogens with one attached hydrogen (secondary N) is 1. The number of hydrogen-bond donors (Lipinski definition) is 1. The first-order chi connectivity index (χ1) is 10.3. The summed E-state index contributed by atoms with van der Waals surface area (Å²) < 4.78 is 5.15. The van der Waals surface area contributed by atoms with Gasteiger partial charge in [-0.3, -0.25) is 0 Å². The molecule has 1 saturated heterocycles. The Labute approximate surface area is 123 Å². The van der Waals surface area contributed by atoms with Crippen molar-refractivity contribution >= 4 is 11.9 Å². The van der Waals surface area contributed by atoms with Crippen LogP contribution >= 0.6 is 0 Å². The van der Waals surface area contributed by atoms with E-state index in [0.29, 0.717) is 17.7 Å². The fourth-order valence-corrected chi connectivity index (χ4v) is 2.32. The molecule has 0 saturated carbocycles. The third-order valence-electron chi connectivity index (χ3n) is 3.44. The van der Waals surface area contributed by atoms with Gasteiger partial charge in [-0.25, -0.2) is 4.98 Å². The van der Waals surface area contributed by atoms with Crippen molar-refractivity contribution in [3.8, 4) is 17.3 Å². The molecule has 0 aromatic carbocycles. The van der Waals surface area contributed by atoms with Gasteiger partial charge in [-0.15, -0.1) is 0 Å². The molecule has 7 nitrogen and oxygen atoms in total. The predicted octanol–water partition coefficient (Wildman–Crippen LogP) is 1.58. The zero-order valence-corrected chi connectivity index (χ0v) is 12.2. The van der Waals surface area contributed by atoms with Crippen molar-refractivity contribution in [3.05, 3.63) is 18.3 Å². The summed E-state index contributed by atoms with van der Waals surface area (Å²) >= 11 is 0. The van der Waals surface area contributed by atoms with E-state index < -0.39 is 0 Å². The minimum atomic E-state index is 0.543. The highest BCUT2D eigenvalue weighted by atomic mass is 16.5. The highest BCUT2D eigenvalue weighted by Gasteiger charge is 2.17. The minimum absolute atomic E-state index is 0.543. The van der Waals surface area contributed by atoms with Gasteiger partial charge in [0.25, 0.3) is 0 Å². The van der Waals surface area contributed by atoms with E-state index in [1.807, 2.05) is 12.1 Å². The third-order valence-corrected chi connectivity index (χ3v) is 3.44. The molecule has 1 fully saturated rings. The molecular weight excluding hydrogens is 268 g/mol. The van der Waals surface area contributed by atoms with E-state index >= 15 is 0 Å². The van der Waals surface area contributed by atoms with Gasteiger partial charge in [0, 0.05) is 38.0 Å². The van der Waals surface area contributed by atoms with Gasteiger partial charge >= 0.3 is 0 Å². The first kappa shape index (κ1) is 13.5. The Morgan fingerprint density at radius 1 is 1.19 bits per heavy atom. The highest BCUT2D eigenvalue weighted by Crippen LogP contribution is 2.23. The maximum Gasteiger partial charge on any atom is 0.230 e. The highest BCUT2D eigenvalue weighted by molar-refractivity contribution is 5.59. The number of ether oxygens (including phenoxy) is 1. The normalized spacial score (nSPS) is 14.3. The number of nitrogens with zero attached hydrogens (tertiary/aromatic N) is 5. The first-order valence-electron chi connectivity index (χ1n) is 6.99.